The van der Waals surface area contributed by atoms with E-state index < -0.39 is 5.60 Å². The maximum Gasteiger partial charge on any atom is 0.191 e. The van der Waals surface area contributed by atoms with Gasteiger partial charge in [-0.3, -0.25) is 0 Å². The Hall–Kier alpha value is -0.670. The van der Waals surface area contributed by atoms with Crippen LogP contribution in [0.5, 0.6) is 5.75 Å². The number of hydrogen-bond acceptors (Lipinski definition) is 4. The van der Waals surface area contributed by atoms with Gasteiger partial charge in [-0.2, -0.15) is 11.8 Å². The van der Waals surface area contributed by atoms with Crippen LogP contribution in [0.25, 0.3) is 0 Å². The van der Waals surface area contributed by atoms with Gasteiger partial charge in [0.2, 0.25) is 0 Å². The highest BCUT2D eigenvalue weighted by Crippen LogP contribution is 2.26. The summed E-state index contributed by atoms with van der Waals surface area (Å²) in [6.45, 7) is 3.95. The van der Waals surface area contributed by atoms with Crippen molar-refractivity contribution in [2.24, 2.45) is 4.99 Å². The minimum atomic E-state index is -0.610. The molecule has 1 atom stereocenters. The molecular weight excluding hydrogens is 425 g/mol. The number of aliphatic hydroxyl groups is 1. The van der Waals surface area contributed by atoms with Crippen molar-refractivity contribution in [2.45, 2.75) is 25.5 Å². The molecular formula is C16H26IN3O2S. The molecule has 0 radical (unpaired) electrons. The second-order valence-corrected chi connectivity index (χ2v) is 6.53. The standard InChI is InChI=1S/C16H25N3O2S.HI/c1-3-17-15(19-11-16(20)8-9-22-12-16)18-10-13-4-6-14(21-2)7-5-13;/h4-7,20H,3,8-12H2,1-2H3,(H2,17,18,19);1H. The Labute approximate surface area is 159 Å². The van der Waals surface area contributed by atoms with Crippen molar-refractivity contribution in [3.63, 3.8) is 0 Å². The number of thioether (sulfide) groups is 1. The van der Waals surface area contributed by atoms with E-state index in [1.807, 2.05) is 31.2 Å². The molecule has 0 saturated carbocycles. The molecule has 0 aliphatic carbocycles. The monoisotopic (exact) mass is 451 g/mol. The molecule has 23 heavy (non-hydrogen) atoms. The molecule has 1 aliphatic heterocycles. The highest BCUT2D eigenvalue weighted by atomic mass is 127. The van der Waals surface area contributed by atoms with Crippen molar-refractivity contribution in [3.8, 4) is 5.75 Å². The second-order valence-electron chi connectivity index (χ2n) is 5.42. The van der Waals surface area contributed by atoms with E-state index in [0.29, 0.717) is 13.1 Å². The third-order valence-electron chi connectivity index (χ3n) is 3.59. The first-order chi connectivity index (χ1) is 10.6. The van der Waals surface area contributed by atoms with Gasteiger partial charge >= 0.3 is 0 Å². The first-order valence-electron chi connectivity index (χ1n) is 7.60. The van der Waals surface area contributed by atoms with Gasteiger partial charge in [-0.05, 0) is 36.8 Å². The molecule has 1 aromatic rings. The molecule has 3 N–H and O–H groups in total. The number of nitrogens with zero attached hydrogens (tertiary/aromatic N) is 1. The molecule has 0 aromatic heterocycles. The summed E-state index contributed by atoms with van der Waals surface area (Å²) >= 11 is 1.80. The van der Waals surface area contributed by atoms with E-state index in [-0.39, 0.29) is 24.0 Å². The Morgan fingerprint density at radius 1 is 1.35 bits per heavy atom. The summed E-state index contributed by atoms with van der Waals surface area (Å²) in [5.41, 5.74) is 0.508. The number of aliphatic imine (C=N–C) groups is 1. The summed E-state index contributed by atoms with van der Waals surface area (Å²) in [6.07, 6.45) is 0.836. The molecule has 1 fully saturated rings. The Morgan fingerprint density at radius 2 is 2.09 bits per heavy atom. The molecule has 0 spiro atoms. The number of halogens is 1. The molecule has 1 aliphatic rings. The minimum Gasteiger partial charge on any atom is -0.497 e. The Kier molecular flexibility index (Phi) is 9.08. The highest BCUT2D eigenvalue weighted by Gasteiger charge is 2.31. The zero-order chi connectivity index (χ0) is 15.8. The van der Waals surface area contributed by atoms with Crippen LogP contribution >= 0.6 is 35.7 Å². The zero-order valence-corrected chi connectivity index (χ0v) is 16.8. The van der Waals surface area contributed by atoms with Crippen LogP contribution in [0.3, 0.4) is 0 Å². The SMILES string of the molecule is CCNC(=NCc1ccc(OC)cc1)NCC1(O)CCSC1.I. The first-order valence-corrected chi connectivity index (χ1v) is 8.76. The Balaban J connectivity index is 0.00000264. The predicted octanol–water partition coefficient (Wildman–Crippen LogP) is 2.24. The van der Waals surface area contributed by atoms with Gasteiger partial charge in [0.15, 0.2) is 5.96 Å². The number of ether oxygens (including phenoxy) is 1. The maximum absolute atomic E-state index is 10.4. The van der Waals surface area contributed by atoms with E-state index in [9.17, 15) is 5.11 Å². The number of hydrogen-bond donors (Lipinski definition) is 3. The van der Waals surface area contributed by atoms with E-state index >= 15 is 0 Å². The molecule has 1 unspecified atom stereocenters. The van der Waals surface area contributed by atoms with Gasteiger partial charge in [0.05, 0.1) is 19.3 Å². The van der Waals surface area contributed by atoms with Gasteiger partial charge in [-0.15, -0.1) is 24.0 Å². The van der Waals surface area contributed by atoms with Crippen LogP contribution < -0.4 is 15.4 Å². The Morgan fingerprint density at radius 3 is 2.65 bits per heavy atom. The quantitative estimate of drug-likeness (QED) is 0.352. The number of methoxy groups -OCH3 is 1. The minimum absolute atomic E-state index is 0. The van der Waals surface area contributed by atoms with E-state index in [0.717, 1.165) is 41.7 Å². The van der Waals surface area contributed by atoms with E-state index in [2.05, 4.69) is 15.6 Å². The van der Waals surface area contributed by atoms with Crippen molar-refractivity contribution < 1.29 is 9.84 Å². The number of benzene rings is 1. The van der Waals surface area contributed by atoms with Crippen molar-refractivity contribution in [3.05, 3.63) is 29.8 Å². The summed E-state index contributed by atoms with van der Waals surface area (Å²) in [5, 5.41) is 16.8. The van der Waals surface area contributed by atoms with E-state index in [1.165, 1.54) is 0 Å². The van der Waals surface area contributed by atoms with Crippen molar-refractivity contribution in [1.29, 1.82) is 0 Å². The number of guanidine groups is 1. The fourth-order valence-corrected chi connectivity index (χ4v) is 3.52. The third kappa shape index (κ3) is 6.76. The topological polar surface area (TPSA) is 65.9 Å². The van der Waals surface area contributed by atoms with E-state index in [1.54, 1.807) is 18.9 Å². The van der Waals surface area contributed by atoms with Crippen molar-refractivity contribution in [2.75, 3.05) is 31.7 Å². The fourth-order valence-electron chi connectivity index (χ4n) is 2.23. The number of rotatable bonds is 6. The molecule has 1 saturated heterocycles. The summed E-state index contributed by atoms with van der Waals surface area (Å²) < 4.78 is 5.15. The summed E-state index contributed by atoms with van der Waals surface area (Å²) in [5.74, 6) is 3.40. The zero-order valence-electron chi connectivity index (χ0n) is 13.7. The van der Waals surface area contributed by atoms with E-state index in [4.69, 9.17) is 4.74 Å². The van der Waals surface area contributed by atoms with Crippen LogP contribution in [-0.2, 0) is 6.54 Å². The molecule has 1 heterocycles. The molecule has 2 rings (SSSR count). The summed E-state index contributed by atoms with van der Waals surface area (Å²) in [6, 6.07) is 7.88. The Bertz CT molecular complexity index is 491. The molecule has 0 amide bonds. The lowest BCUT2D eigenvalue weighted by molar-refractivity contribution is 0.0724. The third-order valence-corrected chi connectivity index (χ3v) is 4.82. The van der Waals surface area contributed by atoms with Gasteiger partial charge in [-0.1, -0.05) is 12.1 Å². The predicted molar refractivity (Wildman–Crippen MR) is 108 cm³/mol. The van der Waals surface area contributed by atoms with Crippen LogP contribution in [0.2, 0.25) is 0 Å². The molecule has 0 bridgehead atoms. The van der Waals surface area contributed by atoms with Crippen LogP contribution in [0.4, 0.5) is 0 Å². The fraction of sp³-hybridized carbons (Fsp3) is 0.562. The van der Waals surface area contributed by atoms with Crippen LogP contribution in [0, 0.1) is 0 Å². The van der Waals surface area contributed by atoms with Gasteiger partial charge in [0.25, 0.3) is 0 Å². The average Bonchev–Trinajstić information content (AvgIpc) is 2.98. The average molecular weight is 451 g/mol. The smallest absolute Gasteiger partial charge is 0.191 e. The van der Waals surface area contributed by atoms with Gasteiger partial charge in [-0.25, -0.2) is 4.99 Å². The summed E-state index contributed by atoms with van der Waals surface area (Å²) in [7, 11) is 1.66. The highest BCUT2D eigenvalue weighted by molar-refractivity contribution is 14.0. The lowest BCUT2D eigenvalue weighted by Gasteiger charge is -2.23. The molecule has 130 valence electrons. The molecule has 7 heteroatoms. The molecule has 1 aromatic carbocycles. The number of nitrogens with one attached hydrogen (secondary N) is 2. The van der Waals surface area contributed by atoms with Gasteiger partial charge in [0, 0.05) is 18.8 Å². The maximum atomic E-state index is 10.4. The lowest BCUT2D eigenvalue weighted by Crippen LogP contribution is -2.47. The summed E-state index contributed by atoms with van der Waals surface area (Å²) in [4.78, 5) is 4.57. The van der Waals surface area contributed by atoms with Crippen LogP contribution in [-0.4, -0.2) is 48.4 Å². The second kappa shape index (κ2) is 10.2. The lowest BCUT2D eigenvalue weighted by atomic mass is 10.0. The van der Waals surface area contributed by atoms with Crippen LogP contribution in [0.1, 0.15) is 18.9 Å². The first kappa shape index (κ1) is 20.4. The largest absolute Gasteiger partial charge is 0.497 e. The normalized spacial score (nSPS) is 20.7. The van der Waals surface area contributed by atoms with Crippen molar-refractivity contribution >= 4 is 41.7 Å². The van der Waals surface area contributed by atoms with Gasteiger partial charge in [0.1, 0.15) is 5.75 Å². The van der Waals surface area contributed by atoms with Gasteiger partial charge < -0.3 is 20.5 Å². The van der Waals surface area contributed by atoms with Crippen LogP contribution in [0.15, 0.2) is 29.3 Å². The molecule has 5 nitrogen and oxygen atoms in total. The van der Waals surface area contributed by atoms with Crippen molar-refractivity contribution in [1.82, 2.24) is 10.6 Å².